The van der Waals surface area contributed by atoms with Crippen LogP contribution in [-0.4, -0.2) is 32.2 Å². The number of anilines is 1. The number of aromatic nitrogens is 3. The molecule has 2 unspecified atom stereocenters. The maximum absolute atomic E-state index is 10.1. The summed E-state index contributed by atoms with van der Waals surface area (Å²) in [7, 11) is 0. The van der Waals surface area contributed by atoms with Gasteiger partial charge in [0.25, 0.3) is 0 Å². The molecule has 0 aliphatic heterocycles. The van der Waals surface area contributed by atoms with Gasteiger partial charge in [-0.25, -0.2) is 4.68 Å². The molecule has 0 bridgehead atoms. The summed E-state index contributed by atoms with van der Waals surface area (Å²) in [6.45, 7) is 2.98. The quantitative estimate of drug-likeness (QED) is 0.785. The van der Waals surface area contributed by atoms with Gasteiger partial charge in [0.15, 0.2) is 0 Å². The number of nitrogens with one attached hydrogen (secondary N) is 1. The molecule has 1 aliphatic carbocycles. The molecule has 96 valence electrons. The van der Waals surface area contributed by atoms with E-state index in [1.54, 1.807) is 6.20 Å². The van der Waals surface area contributed by atoms with E-state index in [1.807, 2.05) is 4.68 Å². The number of aliphatic hydroxyl groups is 1. The zero-order chi connectivity index (χ0) is 12.1. The number of aliphatic hydroxyl groups excluding tert-OH is 1. The molecule has 2 atom stereocenters. The van der Waals surface area contributed by atoms with Gasteiger partial charge in [-0.15, -0.1) is 5.10 Å². The second kappa shape index (κ2) is 6.00. The summed E-state index contributed by atoms with van der Waals surface area (Å²) in [5.41, 5.74) is 0. The van der Waals surface area contributed by atoms with E-state index in [0.29, 0.717) is 0 Å². The van der Waals surface area contributed by atoms with Crippen LogP contribution in [0.5, 0.6) is 0 Å². The van der Waals surface area contributed by atoms with Crippen LogP contribution in [-0.2, 0) is 6.54 Å². The molecule has 1 saturated carbocycles. The monoisotopic (exact) mass is 238 g/mol. The first-order chi connectivity index (χ1) is 8.31. The van der Waals surface area contributed by atoms with Gasteiger partial charge in [0.2, 0.25) is 0 Å². The molecule has 5 heteroatoms. The van der Waals surface area contributed by atoms with Gasteiger partial charge >= 0.3 is 0 Å². The molecule has 5 nitrogen and oxygen atoms in total. The highest BCUT2D eigenvalue weighted by molar-refractivity contribution is 5.33. The van der Waals surface area contributed by atoms with Crippen LogP contribution >= 0.6 is 0 Å². The van der Waals surface area contributed by atoms with Crippen molar-refractivity contribution in [3.8, 4) is 0 Å². The van der Waals surface area contributed by atoms with Crippen LogP contribution in [0.25, 0.3) is 0 Å². The van der Waals surface area contributed by atoms with Crippen LogP contribution in [0.15, 0.2) is 6.20 Å². The Morgan fingerprint density at radius 1 is 1.41 bits per heavy atom. The average Bonchev–Trinajstić information content (AvgIpc) is 2.64. The topological polar surface area (TPSA) is 63.0 Å². The highest BCUT2D eigenvalue weighted by atomic mass is 16.3. The Hall–Kier alpha value is -1.10. The summed E-state index contributed by atoms with van der Waals surface area (Å²) < 4.78 is 1.87. The van der Waals surface area contributed by atoms with Crippen LogP contribution < -0.4 is 5.32 Å². The van der Waals surface area contributed by atoms with Gasteiger partial charge in [-0.05, 0) is 19.3 Å². The first-order valence-corrected chi connectivity index (χ1v) is 6.64. The van der Waals surface area contributed by atoms with Crippen molar-refractivity contribution in [2.24, 2.45) is 0 Å². The highest BCUT2D eigenvalue weighted by Gasteiger charge is 2.22. The van der Waals surface area contributed by atoms with Gasteiger partial charge < -0.3 is 10.4 Å². The molecular weight excluding hydrogens is 216 g/mol. The molecule has 0 spiro atoms. The average molecular weight is 238 g/mol. The first-order valence-electron chi connectivity index (χ1n) is 6.64. The number of aryl methyl sites for hydroxylation is 1. The molecule has 0 amide bonds. The lowest BCUT2D eigenvalue weighted by Gasteiger charge is -2.22. The molecule has 1 aromatic rings. The molecule has 1 aromatic heterocycles. The minimum atomic E-state index is -0.248. The zero-order valence-corrected chi connectivity index (χ0v) is 10.5. The van der Waals surface area contributed by atoms with Crippen molar-refractivity contribution in [2.75, 3.05) is 5.32 Å². The Morgan fingerprint density at radius 2 is 2.24 bits per heavy atom. The molecule has 0 radical (unpaired) electrons. The van der Waals surface area contributed by atoms with Gasteiger partial charge in [0.05, 0.1) is 18.3 Å². The van der Waals surface area contributed by atoms with E-state index in [2.05, 4.69) is 22.6 Å². The van der Waals surface area contributed by atoms with Crippen molar-refractivity contribution >= 4 is 5.82 Å². The van der Waals surface area contributed by atoms with Crippen LogP contribution in [0.1, 0.15) is 45.4 Å². The molecule has 1 fully saturated rings. The second-order valence-corrected chi connectivity index (χ2v) is 4.80. The lowest BCUT2D eigenvalue weighted by Crippen LogP contribution is -2.33. The Labute approximate surface area is 102 Å². The minimum absolute atomic E-state index is 0.145. The summed E-state index contributed by atoms with van der Waals surface area (Å²) in [4.78, 5) is 0. The maximum Gasteiger partial charge on any atom is 0.145 e. The van der Waals surface area contributed by atoms with Gasteiger partial charge in [0.1, 0.15) is 5.82 Å². The fourth-order valence-corrected chi connectivity index (χ4v) is 2.39. The van der Waals surface area contributed by atoms with Crippen molar-refractivity contribution in [2.45, 2.75) is 64.1 Å². The van der Waals surface area contributed by atoms with Gasteiger partial charge in [-0.2, -0.15) is 0 Å². The lowest BCUT2D eigenvalue weighted by atomic mass is 10.1. The molecule has 17 heavy (non-hydrogen) atoms. The predicted octanol–water partition coefficient (Wildman–Crippen LogP) is 1.79. The Kier molecular flexibility index (Phi) is 4.36. The first kappa shape index (κ1) is 12.4. The summed E-state index contributed by atoms with van der Waals surface area (Å²) in [6, 6.07) is 0.145. The summed E-state index contributed by atoms with van der Waals surface area (Å²) in [6.07, 6.45) is 7.99. The molecule has 2 N–H and O–H groups in total. The van der Waals surface area contributed by atoms with E-state index < -0.39 is 0 Å². The standard InChI is InChI=1S/C12H22N4O/c1-2-8-16-12(9-13-15-16)14-10-6-4-3-5-7-11(10)17/h9-11,14,17H,2-8H2,1H3. The van der Waals surface area contributed by atoms with Crippen LogP contribution in [0.4, 0.5) is 5.82 Å². The van der Waals surface area contributed by atoms with Crippen molar-refractivity contribution in [1.82, 2.24) is 15.0 Å². The Morgan fingerprint density at radius 3 is 3.06 bits per heavy atom. The highest BCUT2D eigenvalue weighted by Crippen LogP contribution is 2.21. The second-order valence-electron chi connectivity index (χ2n) is 4.80. The minimum Gasteiger partial charge on any atom is -0.391 e. The van der Waals surface area contributed by atoms with Crippen LogP contribution in [0, 0.1) is 0 Å². The van der Waals surface area contributed by atoms with Crippen molar-refractivity contribution in [3.05, 3.63) is 6.20 Å². The van der Waals surface area contributed by atoms with E-state index in [9.17, 15) is 5.11 Å². The third kappa shape index (κ3) is 3.19. The smallest absolute Gasteiger partial charge is 0.145 e. The van der Waals surface area contributed by atoms with Gasteiger partial charge in [-0.1, -0.05) is 31.4 Å². The predicted molar refractivity (Wildman–Crippen MR) is 66.8 cm³/mol. The third-order valence-corrected chi connectivity index (χ3v) is 3.37. The molecule has 0 saturated heterocycles. The molecule has 2 rings (SSSR count). The molecular formula is C12H22N4O. The summed E-state index contributed by atoms with van der Waals surface area (Å²) in [5, 5.41) is 21.4. The van der Waals surface area contributed by atoms with E-state index in [1.165, 1.54) is 12.8 Å². The molecule has 0 aromatic carbocycles. The van der Waals surface area contributed by atoms with Gasteiger partial charge in [-0.3, -0.25) is 0 Å². The number of hydrogen-bond donors (Lipinski definition) is 2. The molecule has 1 aliphatic rings. The van der Waals surface area contributed by atoms with Crippen molar-refractivity contribution in [3.63, 3.8) is 0 Å². The fraction of sp³-hybridized carbons (Fsp3) is 0.833. The van der Waals surface area contributed by atoms with Gasteiger partial charge in [0, 0.05) is 6.54 Å². The van der Waals surface area contributed by atoms with E-state index in [0.717, 1.165) is 38.0 Å². The van der Waals surface area contributed by atoms with Crippen molar-refractivity contribution < 1.29 is 5.11 Å². The van der Waals surface area contributed by atoms with Crippen LogP contribution in [0.2, 0.25) is 0 Å². The van der Waals surface area contributed by atoms with E-state index in [-0.39, 0.29) is 12.1 Å². The summed E-state index contributed by atoms with van der Waals surface area (Å²) in [5.74, 6) is 0.929. The maximum atomic E-state index is 10.1. The lowest BCUT2D eigenvalue weighted by molar-refractivity contribution is 0.144. The van der Waals surface area contributed by atoms with E-state index >= 15 is 0 Å². The number of rotatable bonds is 4. The Balaban J connectivity index is 2.00. The van der Waals surface area contributed by atoms with Crippen molar-refractivity contribution in [1.29, 1.82) is 0 Å². The number of nitrogens with zero attached hydrogens (tertiary/aromatic N) is 3. The normalized spacial score (nSPS) is 25.5. The fourth-order valence-electron chi connectivity index (χ4n) is 2.39. The SMILES string of the molecule is CCCn1nncc1NC1CCCCCC1O. The number of hydrogen-bond acceptors (Lipinski definition) is 4. The largest absolute Gasteiger partial charge is 0.391 e. The van der Waals surface area contributed by atoms with Crippen LogP contribution in [0.3, 0.4) is 0 Å². The zero-order valence-electron chi connectivity index (χ0n) is 10.5. The summed E-state index contributed by atoms with van der Waals surface area (Å²) >= 11 is 0. The third-order valence-electron chi connectivity index (χ3n) is 3.37. The Bertz CT molecular complexity index is 339. The molecule has 1 heterocycles. The van der Waals surface area contributed by atoms with E-state index in [4.69, 9.17) is 0 Å².